The standard InChI is InChI=1S/C58H72N2O12/c1-3-59-19-17-47(45-9-5-7-11-49(45)59)57-55(43-13-15-51-53(41-43)71-39-35-67-31-27-63-23-21-61-25-29-65-33-37-69-51)58(48-18-20-60(4-2)50-12-8-6-10-46(48)50)56(57)44-14-16-52-54(42-44)72-40-36-68-32-28-64-24-22-62-26-30-66-34-38-70-52/h5-20,41-42,55-58H,3-4,21-40H2,1-2H3/q+2. The monoisotopic (exact) mass is 989 g/mol. The zero-order valence-electron chi connectivity index (χ0n) is 42.1. The minimum absolute atomic E-state index is 0.000626. The van der Waals surface area contributed by atoms with Crippen LogP contribution < -0.4 is 28.1 Å². The first-order valence-corrected chi connectivity index (χ1v) is 26.0. The van der Waals surface area contributed by atoms with Crippen LogP contribution in [0, 0.1) is 0 Å². The normalized spacial score (nSPS) is 22.1. The Labute approximate surface area is 423 Å². The highest BCUT2D eigenvalue weighted by atomic mass is 16.6. The van der Waals surface area contributed by atoms with Crippen molar-refractivity contribution < 1.29 is 66.0 Å². The van der Waals surface area contributed by atoms with Crippen molar-refractivity contribution in [3.05, 3.63) is 132 Å². The summed E-state index contributed by atoms with van der Waals surface area (Å²) in [5, 5.41) is 2.46. The van der Waals surface area contributed by atoms with Gasteiger partial charge in [0.2, 0.25) is 11.0 Å². The van der Waals surface area contributed by atoms with Gasteiger partial charge in [0.1, 0.15) is 39.5 Å². The second-order valence-electron chi connectivity index (χ2n) is 18.0. The molecule has 4 heterocycles. The number of hydrogen-bond donors (Lipinski definition) is 0. The Balaban J connectivity index is 1.16. The van der Waals surface area contributed by atoms with Gasteiger partial charge in [0.05, 0.1) is 106 Å². The van der Waals surface area contributed by atoms with Crippen molar-refractivity contribution in [3.63, 3.8) is 0 Å². The van der Waals surface area contributed by atoms with Crippen molar-refractivity contribution in [2.75, 3.05) is 132 Å². The number of rotatable bonds is 6. The number of aromatic nitrogens is 2. The van der Waals surface area contributed by atoms with E-state index in [9.17, 15) is 0 Å². The molecule has 0 radical (unpaired) electrons. The molecule has 2 aliphatic heterocycles. The van der Waals surface area contributed by atoms with Gasteiger partial charge in [0.25, 0.3) is 0 Å². The van der Waals surface area contributed by atoms with Crippen LogP contribution in [0.3, 0.4) is 0 Å². The van der Waals surface area contributed by atoms with Gasteiger partial charge in [0.15, 0.2) is 35.4 Å². The molecule has 384 valence electrons. The van der Waals surface area contributed by atoms with Crippen molar-refractivity contribution in [3.8, 4) is 23.0 Å². The number of pyridine rings is 2. The first kappa shape index (κ1) is 51.5. The average molecular weight is 989 g/mol. The molecule has 1 aliphatic carbocycles. The van der Waals surface area contributed by atoms with Gasteiger partial charge in [-0.15, -0.1) is 0 Å². The van der Waals surface area contributed by atoms with E-state index in [1.807, 2.05) is 0 Å². The van der Waals surface area contributed by atoms with Gasteiger partial charge in [-0.05, 0) is 96.2 Å². The second-order valence-corrected chi connectivity index (χ2v) is 18.0. The molecule has 0 amide bonds. The summed E-state index contributed by atoms with van der Waals surface area (Å²) in [6.45, 7) is 15.0. The van der Waals surface area contributed by atoms with Gasteiger partial charge >= 0.3 is 0 Å². The summed E-state index contributed by atoms with van der Waals surface area (Å²) in [6, 6.07) is 35.3. The molecule has 9 rings (SSSR count). The topological polar surface area (TPSA) is 119 Å². The Kier molecular flexibility index (Phi) is 19.3. The zero-order chi connectivity index (χ0) is 49.2. The van der Waals surface area contributed by atoms with Crippen LogP contribution in [0.25, 0.3) is 21.8 Å². The lowest BCUT2D eigenvalue weighted by atomic mass is 9.48. The van der Waals surface area contributed by atoms with Crippen LogP contribution in [0.1, 0.15) is 59.8 Å². The Bertz CT molecular complexity index is 2440. The highest BCUT2D eigenvalue weighted by Gasteiger charge is 2.54. The van der Waals surface area contributed by atoms with E-state index in [4.69, 9.17) is 56.8 Å². The van der Waals surface area contributed by atoms with Gasteiger partial charge in [-0.2, -0.15) is 9.13 Å². The van der Waals surface area contributed by atoms with Crippen LogP contribution in [0.5, 0.6) is 23.0 Å². The fourth-order valence-electron chi connectivity index (χ4n) is 10.4. The van der Waals surface area contributed by atoms with E-state index >= 15 is 0 Å². The van der Waals surface area contributed by atoms with E-state index in [-0.39, 0.29) is 23.7 Å². The molecule has 0 unspecified atom stereocenters. The molecule has 0 N–H and O–H groups in total. The second kappa shape index (κ2) is 27.0. The van der Waals surface area contributed by atoms with Crippen molar-refractivity contribution in [1.29, 1.82) is 0 Å². The molecule has 1 fully saturated rings. The van der Waals surface area contributed by atoms with Gasteiger partial charge in [-0.1, -0.05) is 36.4 Å². The summed E-state index contributed by atoms with van der Waals surface area (Å²) in [6.07, 6.45) is 4.50. The smallest absolute Gasteiger partial charge is 0.212 e. The maximum atomic E-state index is 6.63. The molecular formula is C58H72N2O12+2. The van der Waals surface area contributed by atoms with E-state index < -0.39 is 0 Å². The number of nitrogens with zero attached hydrogens (tertiary/aromatic N) is 2. The quantitative estimate of drug-likeness (QED) is 0.152. The van der Waals surface area contributed by atoms with Gasteiger partial charge in [0, 0.05) is 35.0 Å². The minimum atomic E-state index is -0.000626. The molecule has 3 aliphatic rings. The average Bonchev–Trinajstić information content (AvgIpc) is 3.40. The third kappa shape index (κ3) is 12.8. The van der Waals surface area contributed by atoms with E-state index in [1.165, 1.54) is 32.9 Å². The lowest BCUT2D eigenvalue weighted by Gasteiger charge is -2.54. The van der Waals surface area contributed by atoms with Crippen LogP contribution in [-0.4, -0.2) is 132 Å². The number of aryl methyl sites for hydroxylation is 2. The molecule has 0 saturated heterocycles. The van der Waals surface area contributed by atoms with Crippen molar-refractivity contribution in [2.45, 2.75) is 50.6 Å². The lowest BCUT2D eigenvalue weighted by Crippen LogP contribution is -2.42. The third-order valence-corrected chi connectivity index (χ3v) is 13.7. The Morgan fingerprint density at radius 2 is 0.639 bits per heavy atom. The predicted molar refractivity (Wildman–Crippen MR) is 272 cm³/mol. The molecule has 14 heteroatoms. The Morgan fingerprint density at radius 3 is 0.972 bits per heavy atom. The molecule has 14 nitrogen and oxygen atoms in total. The van der Waals surface area contributed by atoms with Gasteiger partial charge in [-0.3, -0.25) is 0 Å². The summed E-state index contributed by atoms with van der Waals surface area (Å²) >= 11 is 0. The summed E-state index contributed by atoms with van der Waals surface area (Å²) in [4.78, 5) is 0. The number of fused-ring (bicyclic) bond motifs is 4. The predicted octanol–water partition coefficient (Wildman–Crippen LogP) is 7.73. The number of hydrogen-bond acceptors (Lipinski definition) is 12. The van der Waals surface area contributed by atoms with Crippen LogP contribution in [0.4, 0.5) is 0 Å². The molecule has 2 aromatic heterocycles. The largest absolute Gasteiger partial charge is 0.487 e. The van der Waals surface area contributed by atoms with Crippen molar-refractivity contribution in [1.82, 2.24) is 0 Å². The SMILES string of the molecule is CC[n+]1ccc(C2C(c3ccc4c(c3)OCCOCCOCCOCCOCCO4)C(c3cc[n+](CC)c4ccccc34)C2c2ccc3c(c2)OCCOCCOCCOCCOCCO3)c2ccccc21. The molecule has 1 saturated carbocycles. The summed E-state index contributed by atoms with van der Waals surface area (Å²) < 4.78 is 77.1. The third-order valence-electron chi connectivity index (χ3n) is 13.7. The summed E-state index contributed by atoms with van der Waals surface area (Å²) in [7, 11) is 0. The number of ether oxygens (including phenoxy) is 12. The maximum absolute atomic E-state index is 6.63. The molecule has 0 atom stereocenters. The van der Waals surface area contributed by atoms with E-state index in [0.717, 1.165) is 24.2 Å². The number of benzene rings is 4. The minimum Gasteiger partial charge on any atom is -0.487 e. The Morgan fingerprint density at radius 1 is 0.333 bits per heavy atom. The highest BCUT2D eigenvalue weighted by molar-refractivity contribution is 5.83. The van der Waals surface area contributed by atoms with Crippen LogP contribution in [-0.2, 0) is 51.0 Å². The zero-order valence-corrected chi connectivity index (χ0v) is 42.1. The van der Waals surface area contributed by atoms with Crippen LogP contribution in [0.15, 0.2) is 109 Å². The van der Waals surface area contributed by atoms with Crippen molar-refractivity contribution in [2.24, 2.45) is 0 Å². The first-order valence-electron chi connectivity index (χ1n) is 26.0. The lowest BCUT2D eigenvalue weighted by molar-refractivity contribution is -0.668. The number of para-hydroxylation sites is 2. The highest BCUT2D eigenvalue weighted by Crippen LogP contribution is 2.68. The maximum Gasteiger partial charge on any atom is 0.212 e. The van der Waals surface area contributed by atoms with Crippen LogP contribution in [0.2, 0.25) is 0 Å². The van der Waals surface area contributed by atoms with E-state index in [2.05, 4.69) is 132 Å². The molecule has 72 heavy (non-hydrogen) atoms. The summed E-state index contributed by atoms with van der Waals surface area (Å²) in [5.41, 5.74) is 7.27. The van der Waals surface area contributed by atoms with Gasteiger partial charge < -0.3 is 56.8 Å². The first-order chi connectivity index (χ1) is 35.7. The fraction of sp³-hybridized carbons (Fsp3) is 0.483. The molecular weight excluding hydrogens is 917 g/mol. The van der Waals surface area contributed by atoms with Crippen molar-refractivity contribution >= 4 is 21.8 Å². The van der Waals surface area contributed by atoms with Gasteiger partial charge in [-0.25, -0.2) is 0 Å². The summed E-state index contributed by atoms with van der Waals surface area (Å²) in [5.74, 6) is 2.67. The van der Waals surface area contributed by atoms with E-state index in [1.54, 1.807) is 0 Å². The molecule has 0 bridgehead atoms. The molecule has 6 aromatic rings. The fourth-order valence-corrected chi connectivity index (χ4v) is 10.4. The van der Waals surface area contributed by atoms with Crippen LogP contribution >= 0.6 is 0 Å². The van der Waals surface area contributed by atoms with E-state index in [0.29, 0.717) is 155 Å². The molecule has 0 spiro atoms. The Hall–Kier alpha value is -5.42. The molecule has 4 aromatic carbocycles.